The number of allylic oxidation sites excluding steroid dienone is 1. The second kappa shape index (κ2) is 10.8. The Bertz CT molecular complexity index is 248. The highest BCUT2D eigenvalue weighted by molar-refractivity contribution is 7.99. The van der Waals surface area contributed by atoms with E-state index in [0.717, 1.165) is 12.5 Å². The topological polar surface area (TPSA) is 12.0 Å². The van der Waals surface area contributed by atoms with Crippen molar-refractivity contribution in [3.8, 4) is 0 Å². The molecule has 0 heterocycles. The first-order valence-electron chi connectivity index (χ1n) is 8.24. The largest absolute Gasteiger partial charge is 0.310 e. The van der Waals surface area contributed by atoms with Crippen LogP contribution in [0, 0.1) is 5.92 Å². The summed E-state index contributed by atoms with van der Waals surface area (Å²) < 4.78 is 0. The van der Waals surface area contributed by atoms with Gasteiger partial charge >= 0.3 is 0 Å². The predicted molar refractivity (Wildman–Crippen MR) is 90.0 cm³/mol. The molecule has 2 heteroatoms. The minimum atomic E-state index is 0.627. The van der Waals surface area contributed by atoms with Crippen LogP contribution in [-0.2, 0) is 0 Å². The molecule has 0 fully saturated rings. The normalized spacial score (nSPS) is 18.8. The summed E-state index contributed by atoms with van der Waals surface area (Å²) in [7, 11) is 0. The summed E-state index contributed by atoms with van der Waals surface area (Å²) in [6.45, 7) is 8.05. The van der Waals surface area contributed by atoms with Crippen LogP contribution in [0.15, 0.2) is 11.6 Å². The molecule has 1 rings (SSSR count). The molecule has 112 valence electrons. The van der Waals surface area contributed by atoms with E-state index in [1.807, 2.05) is 0 Å². The first-order chi connectivity index (χ1) is 9.24. The Morgan fingerprint density at radius 3 is 2.68 bits per heavy atom. The average Bonchev–Trinajstić information content (AvgIpc) is 2.33. The summed E-state index contributed by atoms with van der Waals surface area (Å²) in [5, 5.41) is 3.77. The van der Waals surface area contributed by atoms with Gasteiger partial charge in [0.05, 0.1) is 0 Å². The van der Waals surface area contributed by atoms with Crippen molar-refractivity contribution in [1.29, 1.82) is 0 Å². The number of nitrogens with one attached hydrogen (secondary N) is 1. The molecule has 0 aromatic carbocycles. The molecule has 0 saturated carbocycles. The van der Waals surface area contributed by atoms with Crippen molar-refractivity contribution >= 4 is 11.8 Å². The van der Waals surface area contributed by atoms with Gasteiger partial charge in [-0.3, -0.25) is 0 Å². The van der Waals surface area contributed by atoms with Gasteiger partial charge in [0.2, 0.25) is 0 Å². The Labute approximate surface area is 125 Å². The van der Waals surface area contributed by atoms with Gasteiger partial charge in [0.15, 0.2) is 0 Å². The van der Waals surface area contributed by atoms with Gasteiger partial charge in [-0.25, -0.2) is 0 Å². The Morgan fingerprint density at radius 2 is 1.95 bits per heavy atom. The molecule has 0 radical (unpaired) electrons. The zero-order valence-electron chi connectivity index (χ0n) is 13.2. The predicted octanol–water partition coefficient (Wildman–Crippen LogP) is 5.02. The van der Waals surface area contributed by atoms with E-state index in [4.69, 9.17) is 0 Å². The summed E-state index contributed by atoms with van der Waals surface area (Å²) >= 11 is 2.12. The highest BCUT2D eigenvalue weighted by Gasteiger charge is 2.14. The minimum Gasteiger partial charge on any atom is -0.310 e. The van der Waals surface area contributed by atoms with Crippen molar-refractivity contribution in [2.45, 2.75) is 71.8 Å². The Morgan fingerprint density at radius 1 is 1.16 bits per heavy atom. The van der Waals surface area contributed by atoms with Gasteiger partial charge in [0.25, 0.3) is 0 Å². The quantitative estimate of drug-likeness (QED) is 0.627. The molecule has 1 nitrogen and oxygen atoms in total. The van der Waals surface area contributed by atoms with Crippen molar-refractivity contribution in [3.63, 3.8) is 0 Å². The number of hydrogen-bond donors (Lipinski definition) is 1. The van der Waals surface area contributed by atoms with Crippen LogP contribution in [0.3, 0.4) is 0 Å². The minimum absolute atomic E-state index is 0.627. The molecule has 1 N–H and O–H groups in total. The van der Waals surface area contributed by atoms with E-state index in [-0.39, 0.29) is 0 Å². The van der Waals surface area contributed by atoms with Crippen LogP contribution in [0.25, 0.3) is 0 Å². The number of rotatable bonds is 8. The van der Waals surface area contributed by atoms with E-state index in [1.54, 1.807) is 5.57 Å². The third-order valence-electron chi connectivity index (χ3n) is 3.65. The maximum Gasteiger partial charge on any atom is 0.0370 e. The van der Waals surface area contributed by atoms with Gasteiger partial charge in [-0.05, 0) is 50.3 Å². The van der Waals surface area contributed by atoms with Gasteiger partial charge in [-0.15, -0.1) is 0 Å². The molecular formula is C17H33NS. The molecule has 0 aliphatic heterocycles. The van der Waals surface area contributed by atoms with Crippen LogP contribution in [0.5, 0.6) is 0 Å². The lowest BCUT2D eigenvalue weighted by atomic mass is 9.95. The molecule has 0 amide bonds. The molecule has 0 spiro atoms. The van der Waals surface area contributed by atoms with Crippen LogP contribution < -0.4 is 5.32 Å². The van der Waals surface area contributed by atoms with Crippen molar-refractivity contribution in [2.24, 2.45) is 5.92 Å². The maximum atomic E-state index is 3.77. The third kappa shape index (κ3) is 8.04. The zero-order valence-corrected chi connectivity index (χ0v) is 14.0. The summed E-state index contributed by atoms with van der Waals surface area (Å²) in [5.74, 6) is 3.35. The molecule has 1 atom stereocenters. The van der Waals surface area contributed by atoms with E-state index < -0.39 is 0 Å². The molecule has 0 aromatic heterocycles. The van der Waals surface area contributed by atoms with E-state index in [2.05, 4.69) is 43.9 Å². The van der Waals surface area contributed by atoms with Gasteiger partial charge < -0.3 is 5.32 Å². The lowest BCUT2D eigenvalue weighted by Crippen LogP contribution is -2.34. The first-order valence-corrected chi connectivity index (χ1v) is 9.39. The fourth-order valence-corrected chi connectivity index (χ4v) is 3.75. The molecular weight excluding hydrogens is 250 g/mol. The number of hydrogen-bond acceptors (Lipinski definition) is 2. The Kier molecular flexibility index (Phi) is 9.71. The van der Waals surface area contributed by atoms with Gasteiger partial charge in [-0.2, -0.15) is 11.8 Å². The summed E-state index contributed by atoms with van der Waals surface area (Å²) in [6, 6.07) is 0.627. The second-order valence-electron chi connectivity index (χ2n) is 6.17. The summed E-state index contributed by atoms with van der Waals surface area (Å²) in [5.41, 5.74) is 1.70. The van der Waals surface area contributed by atoms with Crippen molar-refractivity contribution in [3.05, 3.63) is 11.6 Å². The second-order valence-corrected chi connectivity index (χ2v) is 7.24. The van der Waals surface area contributed by atoms with Crippen LogP contribution in [0.4, 0.5) is 0 Å². The van der Waals surface area contributed by atoms with Crippen molar-refractivity contribution in [2.75, 3.05) is 18.1 Å². The van der Waals surface area contributed by atoms with Gasteiger partial charge in [0, 0.05) is 11.8 Å². The molecule has 1 aliphatic carbocycles. The molecule has 0 bridgehead atoms. The highest BCUT2D eigenvalue weighted by Crippen LogP contribution is 2.22. The highest BCUT2D eigenvalue weighted by atomic mass is 32.2. The lowest BCUT2D eigenvalue weighted by molar-refractivity contribution is 0.553. The summed E-state index contributed by atoms with van der Waals surface area (Å²) in [4.78, 5) is 0. The third-order valence-corrected chi connectivity index (χ3v) is 5.12. The van der Waals surface area contributed by atoms with Crippen LogP contribution >= 0.6 is 11.8 Å². The Hall–Kier alpha value is 0.0500. The molecule has 1 aliphatic rings. The van der Waals surface area contributed by atoms with E-state index >= 15 is 0 Å². The molecule has 0 aromatic rings. The fourth-order valence-electron chi connectivity index (χ4n) is 2.57. The molecule has 0 saturated heterocycles. The lowest BCUT2D eigenvalue weighted by Gasteiger charge is -2.23. The molecule has 1 unspecified atom stereocenters. The monoisotopic (exact) mass is 283 g/mol. The standard InChI is InChI=1S/C17H33NS/c1-4-12-18-17(14-19-13-15(2)3)16-10-8-6-5-7-9-11-16/h10,15,17-18H,4-9,11-14H2,1-3H3. The van der Waals surface area contributed by atoms with E-state index in [1.165, 1.54) is 56.5 Å². The summed E-state index contributed by atoms with van der Waals surface area (Å²) in [6.07, 6.45) is 12.0. The van der Waals surface area contributed by atoms with Crippen LogP contribution in [-0.4, -0.2) is 24.1 Å². The first kappa shape index (κ1) is 17.1. The Balaban J connectivity index is 2.49. The molecule has 19 heavy (non-hydrogen) atoms. The SMILES string of the molecule is CCCNC(CSCC(C)C)C1=CCCCCCC1. The van der Waals surface area contributed by atoms with Crippen molar-refractivity contribution < 1.29 is 0 Å². The zero-order chi connectivity index (χ0) is 13.9. The van der Waals surface area contributed by atoms with Crippen LogP contribution in [0.1, 0.15) is 65.7 Å². The van der Waals surface area contributed by atoms with Crippen LogP contribution in [0.2, 0.25) is 0 Å². The average molecular weight is 284 g/mol. The number of thioether (sulfide) groups is 1. The van der Waals surface area contributed by atoms with E-state index in [9.17, 15) is 0 Å². The van der Waals surface area contributed by atoms with Gasteiger partial charge in [0.1, 0.15) is 0 Å². The smallest absolute Gasteiger partial charge is 0.0370 e. The fraction of sp³-hybridized carbons (Fsp3) is 0.882. The van der Waals surface area contributed by atoms with Gasteiger partial charge in [-0.1, -0.05) is 45.3 Å². The maximum absolute atomic E-state index is 3.77. The van der Waals surface area contributed by atoms with E-state index in [0.29, 0.717) is 6.04 Å². The van der Waals surface area contributed by atoms with Crippen molar-refractivity contribution in [1.82, 2.24) is 5.32 Å².